The van der Waals surface area contributed by atoms with Crippen LogP contribution >= 0.6 is 0 Å². The predicted octanol–water partition coefficient (Wildman–Crippen LogP) is 2.91. The Morgan fingerprint density at radius 2 is 1.80 bits per heavy atom. The van der Waals surface area contributed by atoms with Gasteiger partial charge in [-0.1, -0.05) is 37.6 Å². The SMILES string of the molecule is CCCCn1c(=O)oc2cc3ccccc3cc2c1=O. The number of unbranched alkanes of at least 4 members (excludes halogenated alkanes) is 1. The van der Waals surface area contributed by atoms with Crippen LogP contribution in [0.25, 0.3) is 21.7 Å². The minimum atomic E-state index is -0.578. The van der Waals surface area contributed by atoms with Crippen molar-refractivity contribution < 1.29 is 4.42 Å². The zero-order chi connectivity index (χ0) is 14.1. The maximum Gasteiger partial charge on any atom is 0.422 e. The minimum absolute atomic E-state index is 0.268. The highest BCUT2D eigenvalue weighted by atomic mass is 16.4. The number of hydrogen-bond donors (Lipinski definition) is 0. The monoisotopic (exact) mass is 269 g/mol. The Labute approximate surface area is 115 Å². The number of nitrogens with zero attached hydrogens (tertiary/aromatic N) is 1. The average molecular weight is 269 g/mol. The van der Waals surface area contributed by atoms with Crippen LogP contribution in [0.3, 0.4) is 0 Å². The lowest BCUT2D eigenvalue weighted by atomic mass is 10.1. The largest absolute Gasteiger partial charge is 0.422 e. The van der Waals surface area contributed by atoms with E-state index in [0.29, 0.717) is 17.5 Å². The lowest BCUT2D eigenvalue weighted by Gasteiger charge is -2.05. The van der Waals surface area contributed by atoms with Gasteiger partial charge in [0.25, 0.3) is 5.56 Å². The maximum absolute atomic E-state index is 12.4. The van der Waals surface area contributed by atoms with Gasteiger partial charge in [0.1, 0.15) is 5.58 Å². The summed E-state index contributed by atoms with van der Waals surface area (Å²) in [5.74, 6) is -0.578. The smallest absolute Gasteiger partial charge is 0.409 e. The third kappa shape index (κ3) is 2.03. The van der Waals surface area contributed by atoms with E-state index in [1.807, 2.05) is 31.2 Å². The number of fused-ring (bicyclic) bond motifs is 2. The molecule has 3 aromatic rings. The van der Waals surface area contributed by atoms with Gasteiger partial charge < -0.3 is 4.42 Å². The molecule has 3 rings (SSSR count). The molecule has 4 nitrogen and oxygen atoms in total. The molecule has 0 atom stereocenters. The van der Waals surface area contributed by atoms with Gasteiger partial charge in [0.2, 0.25) is 0 Å². The van der Waals surface area contributed by atoms with E-state index in [2.05, 4.69) is 0 Å². The number of aromatic nitrogens is 1. The molecule has 20 heavy (non-hydrogen) atoms. The van der Waals surface area contributed by atoms with Gasteiger partial charge in [0.05, 0.1) is 5.39 Å². The second-order valence-electron chi connectivity index (χ2n) is 4.87. The Hall–Kier alpha value is -2.36. The van der Waals surface area contributed by atoms with Crippen LogP contribution in [-0.4, -0.2) is 4.57 Å². The highest BCUT2D eigenvalue weighted by molar-refractivity contribution is 5.95. The summed E-state index contributed by atoms with van der Waals surface area (Å²) in [5, 5.41) is 2.38. The van der Waals surface area contributed by atoms with Crippen molar-refractivity contribution in [2.24, 2.45) is 0 Å². The summed E-state index contributed by atoms with van der Waals surface area (Å²) >= 11 is 0. The molecule has 0 N–H and O–H groups in total. The molecular weight excluding hydrogens is 254 g/mol. The molecule has 4 heteroatoms. The molecule has 0 saturated heterocycles. The fraction of sp³-hybridized carbons (Fsp3) is 0.250. The lowest BCUT2D eigenvalue weighted by Crippen LogP contribution is -2.32. The summed E-state index contributed by atoms with van der Waals surface area (Å²) < 4.78 is 6.47. The van der Waals surface area contributed by atoms with Gasteiger partial charge in [-0.25, -0.2) is 9.36 Å². The van der Waals surface area contributed by atoms with Crippen molar-refractivity contribution in [1.82, 2.24) is 4.57 Å². The van der Waals surface area contributed by atoms with E-state index < -0.39 is 5.76 Å². The summed E-state index contributed by atoms with van der Waals surface area (Å²) in [4.78, 5) is 24.3. The second kappa shape index (κ2) is 4.96. The van der Waals surface area contributed by atoms with Gasteiger partial charge in [0.15, 0.2) is 0 Å². The lowest BCUT2D eigenvalue weighted by molar-refractivity contribution is 0.447. The van der Waals surface area contributed by atoms with Crippen molar-refractivity contribution >= 4 is 21.7 Å². The first-order chi connectivity index (χ1) is 9.70. The highest BCUT2D eigenvalue weighted by Crippen LogP contribution is 2.19. The van der Waals surface area contributed by atoms with Crippen molar-refractivity contribution in [3.63, 3.8) is 0 Å². The van der Waals surface area contributed by atoms with Crippen molar-refractivity contribution in [3.8, 4) is 0 Å². The van der Waals surface area contributed by atoms with E-state index in [1.54, 1.807) is 12.1 Å². The number of rotatable bonds is 3. The molecule has 0 unspecified atom stereocenters. The molecule has 0 spiro atoms. The predicted molar refractivity (Wildman–Crippen MR) is 79.2 cm³/mol. The van der Waals surface area contributed by atoms with Crippen molar-refractivity contribution in [2.45, 2.75) is 26.3 Å². The molecule has 0 aliphatic rings. The summed E-state index contributed by atoms with van der Waals surface area (Å²) in [6, 6.07) is 11.2. The van der Waals surface area contributed by atoms with Crippen molar-refractivity contribution in [2.75, 3.05) is 0 Å². The Bertz CT molecular complexity index is 889. The van der Waals surface area contributed by atoms with E-state index >= 15 is 0 Å². The molecule has 0 fully saturated rings. The molecule has 0 saturated carbocycles. The Kier molecular flexibility index (Phi) is 3.14. The van der Waals surface area contributed by atoms with Gasteiger partial charge in [0, 0.05) is 6.54 Å². The first kappa shape index (κ1) is 12.7. The molecule has 0 amide bonds. The van der Waals surface area contributed by atoms with Crippen LogP contribution in [0.2, 0.25) is 0 Å². The van der Waals surface area contributed by atoms with E-state index in [4.69, 9.17) is 4.42 Å². The first-order valence-corrected chi connectivity index (χ1v) is 6.77. The van der Waals surface area contributed by atoms with Gasteiger partial charge in [-0.05, 0) is 29.3 Å². The van der Waals surface area contributed by atoms with Gasteiger partial charge in [-0.15, -0.1) is 0 Å². The summed E-state index contributed by atoms with van der Waals surface area (Å²) in [6.45, 7) is 2.42. The van der Waals surface area contributed by atoms with E-state index in [-0.39, 0.29) is 5.56 Å². The normalized spacial score (nSPS) is 11.2. The molecule has 0 bridgehead atoms. The zero-order valence-electron chi connectivity index (χ0n) is 11.3. The maximum atomic E-state index is 12.4. The highest BCUT2D eigenvalue weighted by Gasteiger charge is 2.10. The molecular formula is C16H15NO3. The van der Waals surface area contributed by atoms with Crippen LogP contribution in [0.15, 0.2) is 50.4 Å². The first-order valence-electron chi connectivity index (χ1n) is 6.77. The summed E-state index contributed by atoms with van der Waals surface area (Å²) in [5.41, 5.74) is 0.0851. The molecule has 0 aliphatic carbocycles. The fourth-order valence-corrected chi connectivity index (χ4v) is 2.36. The molecule has 0 radical (unpaired) electrons. The van der Waals surface area contributed by atoms with Crippen molar-refractivity contribution in [3.05, 3.63) is 57.3 Å². The van der Waals surface area contributed by atoms with Crippen LogP contribution in [0, 0.1) is 0 Å². The standard InChI is InChI=1S/C16H15NO3/c1-2-3-8-17-15(18)13-9-11-6-4-5-7-12(11)10-14(13)20-16(17)19/h4-7,9-10H,2-3,8H2,1H3. The van der Waals surface area contributed by atoms with E-state index in [1.165, 1.54) is 4.57 Å². The third-order valence-corrected chi connectivity index (χ3v) is 3.48. The molecule has 1 aromatic heterocycles. The van der Waals surface area contributed by atoms with Crippen molar-refractivity contribution in [1.29, 1.82) is 0 Å². The number of benzene rings is 2. The Morgan fingerprint density at radius 1 is 1.10 bits per heavy atom. The average Bonchev–Trinajstić information content (AvgIpc) is 2.45. The topological polar surface area (TPSA) is 52.2 Å². The van der Waals surface area contributed by atoms with Gasteiger partial charge in [-0.3, -0.25) is 4.79 Å². The van der Waals surface area contributed by atoms with Crippen LogP contribution in [0.5, 0.6) is 0 Å². The van der Waals surface area contributed by atoms with E-state index in [9.17, 15) is 9.59 Å². The third-order valence-electron chi connectivity index (χ3n) is 3.48. The van der Waals surface area contributed by atoms with Crippen LogP contribution in [-0.2, 0) is 6.54 Å². The molecule has 1 heterocycles. The minimum Gasteiger partial charge on any atom is -0.409 e. The Morgan fingerprint density at radius 3 is 2.50 bits per heavy atom. The number of hydrogen-bond acceptors (Lipinski definition) is 3. The Balaban J connectivity index is 2.33. The molecule has 102 valence electrons. The zero-order valence-corrected chi connectivity index (χ0v) is 11.3. The van der Waals surface area contributed by atoms with Gasteiger partial charge >= 0.3 is 5.76 Å². The van der Waals surface area contributed by atoms with Crippen LogP contribution in [0.1, 0.15) is 19.8 Å². The fourth-order valence-electron chi connectivity index (χ4n) is 2.36. The van der Waals surface area contributed by atoms with E-state index in [0.717, 1.165) is 23.6 Å². The summed E-state index contributed by atoms with van der Waals surface area (Å²) in [6.07, 6.45) is 1.70. The second-order valence-corrected chi connectivity index (χ2v) is 4.87. The molecule has 0 aliphatic heterocycles. The van der Waals surface area contributed by atoms with Gasteiger partial charge in [-0.2, -0.15) is 0 Å². The van der Waals surface area contributed by atoms with Crippen LogP contribution in [0.4, 0.5) is 0 Å². The summed E-state index contributed by atoms with van der Waals surface area (Å²) in [7, 11) is 0. The quantitative estimate of drug-likeness (QED) is 0.687. The molecule has 2 aromatic carbocycles. The van der Waals surface area contributed by atoms with Crippen LogP contribution < -0.4 is 11.3 Å².